The van der Waals surface area contributed by atoms with Gasteiger partial charge >= 0.3 is 0 Å². The summed E-state index contributed by atoms with van der Waals surface area (Å²) in [4.78, 5) is 0.311. The average molecular weight is 310 g/mol. The summed E-state index contributed by atoms with van der Waals surface area (Å²) in [6.07, 6.45) is 1.88. The van der Waals surface area contributed by atoms with Gasteiger partial charge in [-0.05, 0) is 49.3 Å². The van der Waals surface area contributed by atoms with E-state index in [1.54, 1.807) is 16.4 Å². The minimum absolute atomic E-state index is 0.0262. The quantitative estimate of drug-likeness (QED) is 0.873. The lowest BCUT2D eigenvalue weighted by atomic mass is 9.88. The third-order valence-corrected chi connectivity index (χ3v) is 6.60. The Bertz CT molecular complexity index is 613. The van der Waals surface area contributed by atoms with E-state index < -0.39 is 10.0 Å². The van der Waals surface area contributed by atoms with Crippen LogP contribution in [0, 0.1) is 11.8 Å². The zero-order valence-corrected chi connectivity index (χ0v) is 14.2. The van der Waals surface area contributed by atoms with Gasteiger partial charge in [-0.15, -0.1) is 0 Å². The van der Waals surface area contributed by atoms with Crippen LogP contribution in [0.4, 0.5) is 5.69 Å². The van der Waals surface area contributed by atoms with Crippen LogP contribution < -0.4 is 5.73 Å². The molecule has 1 aromatic rings. The van der Waals surface area contributed by atoms with E-state index in [2.05, 4.69) is 13.8 Å². The van der Waals surface area contributed by atoms with Gasteiger partial charge in [0.15, 0.2) is 0 Å². The van der Waals surface area contributed by atoms with Crippen LogP contribution in [0.15, 0.2) is 23.1 Å². The van der Waals surface area contributed by atoms with Crippen molar-refractivity contribution in [1.82, 2.24) is 4.31 Å². The molecule has 0 spiro atoms. The molecule has 5 heteroatoms. The number of nitrogens with zero attached hydrogens (tertiary/aromatic N) is 1. The Hall–Kier alpha value is -1.07. The van der Waals surface area contributed by atoms with Gasteiger partial charge in [0.05, 0.1) is 4.90 Å². The molecule has 0 bridgehead atoms. The molecular weight excluding hydrogens is 284 g/mol. The Labute approximate surface area is 128 Å². The second-order valence-electron chi connectivity index (χ2n) is 6.35. The minimum atomic E-state index is -3.47. The molecule has 3 unspecified atom stereocenters. The van der Waals surface area contributed by atoms with Gasteiger partial charge in [0, 0.05) is 18.3 Å². The van der Waals surface area contributed by atoms with E-state index in [0.29, 0.717) is 29.0 Å². The monoisotopic (exact) mass is 310 g/mol. The third-order valence-electron chi connectivity index (χ3n) is 4.65. The van der Waals surface area contributed by atoms with Crippen molar-refractivity contribution in [3.63, 3.8) is 0 Å². The van der Waals surface area contributed by atoms with Crippen molar-refractivity contribution in [2.75, 3.05) is 12.3 Å². The zero-order valence-electron chi connectivity index (χ0n) is 13.3. The van der Waals surface area contributed by atoms with Crippen molar-refractivity contribution in [3.05, 3.63) is 23.8 Å². The number of hydrogen-bond acceptors (Lipinski definition) is 3. The van der Waals surface area contributed by atoms with E-state index in [1.165, 1.54) is 0 Å². The highest BCUT2D eigenvalue weighted by Gasteiger charge is 2.37. The van der Waals surface area contributed by atoms with Crippen LogP contribution in [0.1, 0.15) is 39.7 Å². The fourth-order valence-corrected chi connectivity index (χ4v) is 5.05. The number of hydrogen-bond donors (Lipinski definition) is 1. The second-order valence-corrected chi connectivity index (χ2v) is 8.24. The number of benzene rings is 1. The Morgan fingerprint density at radius 3 is 2.52 bits per heavy atom. The first-order valence-electron chi connectivity index (χ1n) is 7.67. The van der Waals surface area contributed by atoms with Crippen LogP contribution in [0.25, 0.3) is 0 Å². The van der Waals surface area contributed by atoms with Gasteiger partial charge in [0.25, 0.3) is 0 Å². The van der Waals surface area contributed by atoms with E-state index in [9.17, 15) is 8.42 Å². The van der Waals surface area contributed by atoms with E-state index in [-0.39, 0.29) is 6.04 Å². The largest absolute Gasteiger partial charge is 0.398 e. The van der Waals surface area contributed by atoms with E-state index in [1.807, 2.05) is 19.9 Å². The first-order valence-corrected chi connectivity index (χ1v) is 9.11. The van der Waals surface area contributed by atoms with Gasteiger partial charge in [-0.25, -0.2) is 8.42 Å². The van der Waals surface area contributed by atoms with Crippen molar-refractivity contribution < 1.29 is 8.42 Å². The lowest BCUT2D eigenvalue weighted by Crippen LogP contribution is -2.48. The maximum atomic E-state index is 12.9. The maximum absolute atomic E-state index is 12.9. The van der Waals surface area contributed by atoms with E-state index in [0.717, 1.165) is 18.4 Å². The van der Waals surface area contributed by atoms with Crippen LogP contribution in [-0.2, 0) is 16.4 Å². The topological polar surface area (TPSA) is 63.4 Å². The Morgan fingerprint density at radius 1 is 1.29 bits per heavy atom. The SMILES string of the molecule is CCc1ccc(S(=O)(=O)N2CC(C)CC(C)C2C)cc1N. The molecule has 0 aliphatic carbocycles. The van der Waals surface area contributed by atoms with Crippen LogP contribution >= 0.6 is 0 Å². The fourth-order valence-electron chi connectivity index (χ4n) is 3.17. The minimum Gasteiger partial charge on any atom is -0.398 e. The van der Waals surface area contributed by atoms with Crippen LogP contribution in [0.3, 0.4) is 0 Å². The molecular formula is C16H26N2O2S. The molecule has 1 heterocycles. The summed E-state index contributed by atoms with van der Waals surface area (Å²) in [7, 11) is -3.47. The van der Waals surface area contributed by atoms with Crippen molar-refractivity contribution in [1.29, 1.82) is 0 Å². The van der Waals surface area contributed by atoms with Crippen LogP contribution in [-0.4, -0.2) is 25.3 Å². The molecule has 118 valence electrons. The maximum Gasteiger partial charge on any atom is 0.243 e. The summed E-state index contributed by atoms with van der Waals surface area (Å²) in [6.45, 7) is 8.83. The summed E-state index contributed by atoms with van der Waals surface area (Å²) in [5, 5.41) is 0. The molecule has 2 rings (SSSR count). The lowest BCUT2D eigenvalue weighted by Gasteiger charge is -2.40. The molecule has 3 atom stereocenters. The smallest absolute Gasteiger partial charge is 0.243 e. The standard InChI is InChI=1S/C16H26N2O2S/c1-5-14-6-7-15(9-16(14)17)21(19,20)18-10-11(2)8-12(3)13(18)4/h6-7,9,11-13H,5,8,10,17H2,1-4H3. The van der Waals surface area contributed by atoms with E-state index >= 15 is 0 Å². The molecule has 1 aliphatic heterocycles. The molecule has 4 nitrogen and oxygen atoms in total. The number of rotatable bonds is 3. The first-order chi connectivity index (χ1) is 9.77. The van der Waals surface area contributed by atoms with E-state index in [4.69, 9.17) is 5.73 Å². The average Bonchev–Trinajstić information content (AvgIpc) is 2.42. The Kier molecular flexibility index (Phi) is 4.63. The molecule has 0 radical (unpaired) electrons. The molecule has 0 saturated carbocycles. The molecule has 0 aromatic heterocycles. The number of nitrogens with two attached hydrogens (primary N) is 1. The van der Waals surface area contributed by atoms with Crippen molar-refractivity contribution in [2.45, 2.75) is 51.5 Å². The number of nitrogen functional groups attached to an aromatic ring is 1. The first kappa shape index (κ1) is 16.3. The molecule has 0 amide bonds. The highest BCUT2D eigenvalue weighted by molar-refractivity contribution is 7.89. The summed E-state index contributed by atoms with van der Waals surface area (Å²) >= 11 is 0. The van der Waals surface area contributed by atoms with Gasteiger partial charge in [0.2, 0.25) is 10.0 Å². The van der Waals surface area contributed by atoms with Gasteiger partial charge in [0.1, 0.15) is 0 Å². The second kappa shape index (κ2) is 5.97. The van der Waals surface area contributed by atoms with Gasteiger partial charge in [-0.1, -0.05) is 26.8 Å². The predicted octanol–water partition coefficient (Wildman–Crippen LogP) is 2.89. The Morgan fingerprint density at radius 2 is 1.95 bits per heavy atom. The van der Waals surface area contributed by atoms with Gasteiger partial charge in [-0.3, -0.25) is 0 Å². The molecule has 1 aromatic carbocycles. The third kappa shape index (κ3) is 3.09. The molecule has 1 saturated heterocycles. The number of anilines is 1. The van der Waals surface area contributed by atoms with Crippen LogP contribution in [0.2, 0.25) is 0 Å². The summed E-state index contributed by atoms with van der Waals surface area (Å²) in [5.41, 5.74) is 7.51. The zero-order chi connectivity index (χ0) is 15.8. The highest BCUT2D eigenvalue weighted by atomic mass is 32.2. The van der Waals surface area contributed by atoms with Gasteiger partial charge < -0.3 is 5.73 Å². The molecule has 1 aliphatic rings. The number of sulfonamides is 1. The number of piperidine rings is 1. The van der Waals surface area contributed by atoms with Gasteiger partial charge in [-0.2, -0.15) is 4.31 Å². The fraction of sp³-hybridized carbons (Fsp3) is 0.625. The summed E-state index contributed by atoms with van der Waals surface area (Å²) < 4.78 is 27.5. The van der Waals surface area contributed by atoms with Crippen molar-refractivity contribution in [2.24, 2.45) is 11.8 Å². The normalized spacial score (nSPS) is 27.7. The summed E-state index contributed by atoms with van der Waals surface area (Å²) in [6, 6.07) is 5.13. The lowest BCUT2D eigenvalue weighted by molar-refractivity contribution is 0.157. The molecule has 21 heavy (non-hydrogen) atoms. The summed E-state index contributed by atoms with van der Waals surface area (Å²) in [5.74, 6) is 0.758. The van der Waals surface area contributed by atoms with Crippen LogP contribution in [0.5, 0.6) is 0 Å². The number of aryl methyl sites for hydroxylation is 1. The molecule has 2 N–H and O–H groups in total. The van der Waals surface area contributed by atoms with Crippen molar-refractivity contribution >= 4 is 15.7 Å². The highest BCUT2D eigenvalue weighted by Crippen LogP contribution is 2.32. The Balaban J connectivity index is 2.39. The van der Waals surface area contributed by atoms with Crippen molar-refractivity contribution in [3.8, 4) is 0 Å². The molecule has 1 fully saturated rings. The predicted molar refractivity (Wildman–Crippen MR) is 86.5 cm³/mol.